The fourth-order valence-electron chi connectivity index (χ4n) is 1.73. The van der Waals surface area contributed by atoms with E-state index in [0.29, 0.717) is 16.6 Å². The number of fused-ring (bicyclic) bond motifs is 1. The van der Waals surface area contributed by atoms with Gasteiger partial charge in [0.05, 0.1) is 11.2 Å². The van der Waals surface area contributed by atoms with Crippen LogP contribution in [0.25, 0.3) is 10.9 Å². The van der Waals surface area contributed by atoms with Crippen molar-refractivity contribution < 1.29 is 14.3 Å². The van der Waals surface area contributed by atoms with E-state index in [-0.39, 0.29) is 12.4 Å². The summed E-state index contributed by atoms with van der Waals surface area (Å²) in [5.41, 5.74) is 0.980. The Morgan fingerprint density at radius 3 is 2.80 bits per heavy atom. The van der Waals surface area contributed by atoms with E-state index in [1.807, 2.05) is 0 Å². The summed E-state index contributed by atoms with van der Waals surface area (Å²) in [5, 5.41) is 9.19. The number of hydrogen-bond acceptors (Lipinski definition) is 1. The van der Waals surface area contributed by atoms with Gasteiger partial charge in [-0.25, -0.2) is 4.39 Å². The summed E-state index contributed by atoms with van der Waals surface area (Å²) in [6, 6.07) is 6.86. The lowest BCUT2D eigenvalue weighted by Crippen LogP contribution is -2.09. The average molecular weight is 207 g/mol. The van der Waals surface area contributed by atoms with Gasteiger partial charge in [-0.3, -0.25) is 4.79 Å². The number of halogens is 1. The smallest absolute Gasteiger partial charge is 0.323 e. The molecule has 2 aromatic rings. The van der Waals surface area contributed by atoms with Crippen LogP contribution in [0.2, 0.25) is 0 Å². The zero-order chi connectivity index (χ0) is 11.0. The zero-order valence-corrected chi connectivity index (χ0v) is 8.20. The van der Waals surface area contributed by atoms with Crippen LogP contribution in [-0.4, -0.2) is 15.6 Å². The van der Waals surface area contributed by atoms with E-state index in [4.69, 9.17) is 5.11 Å². The minimum Gasteiger partial charge on any atom is -0.480 e. The fraction of sp³-hybridized carbons (Fsp3) is 0.182. The third-order valence-corrected chi connectivity index (χ3v) is 2.45. The summed E-state index contributed by atoms with van der Waals surface area (Å²) in [7, 11) is 0. The van der Waals surface area contributed by atoms with E-state index in [2.05, 4.69) is 0 Å². The van der Waals surface area contributed by atoms with Gasteiger partial charge in [-0.15, -0.1) is 0 Å². The molecule has 0 spiro atoms. The fourth-order valence-corrected chi connectivity index (χ4v) is 1.73. The van der Waals surface area contributed by atoms with Crippen LogP contribution in [0, 0.1) is 12.7 Å². The van der Waals surface area contributed by atoms with Gasteiger partial charge in [0.2, 0.25) is 0 Å². The van der Waals surface area contributed by atoms with Crippen molar-refractivity contribution in [1.29, 1.82) is 0 Å². The Morgan fingerprint density at radius 2 is 2.13 bits per heavy atom. The second kappa shape index (κ2) is 3.38. The number of aromatic nitrogens is 1. The van der Waals surface area contributed by atoms with Crippen molar-refractivity contribution in [3.8, 4) is 0 Å². The van der Waals surface area contributed by atoms with E-state index in [9.17, 15) is 9.18 Å². The highest BCUT2D eigenvalue weighted by atomic mass is 19.1. The zero-order valence-electron chi connectivity index (χ0n) is 8.20. The lowest BCUT2D eigenvalue weighted by molar-refractivity contribution is -0.137. The molecule has 0 aliphatic carbocycles. The molecular weight excluding hydrogens is 197 g/mol. The molecule has 15 heavy (non-hydrogen) atoms. The van der Waals surface area contributed by atoms with Crippen molar-refractivity contribution >= 4 is 16.9 Å². The molecule has 0 radical (unpaired) electrons. The highest BCUT2D eigenvalue weighted by molar-refractivity contribution is 5.83. The van der Waals surface area contributed by atoms with Crippen LogP contribution >= 0.6 is 0 Å². The number of carboxylic acid groups (broad SMARTS) is 1. The molecule has 1 aromatic heterocycles. The third-order valence-electron chi connectivity index (χ3n) is 2.45. The Morgan fingerprint density at radius 1 is 1.47 bits per heavy atom. The first kappa shape index (κ1) is 9.71. The molecule has 0 saturated carbocycles. The molecule has 1 N–H and O–H groups in total. The highest BCUT2D eigenvalue weighted by Crippen LogP contribution is 2.23. The monoisotopic (exact) mass is 207 g/mol. The topological polar surface area (TPSA) is 42.2 Å². The largest absolute Gasteiger partial charge is 0.480 e. The second-order valence-corrected chi connectivity index (χ2v) is 3.40. The Labute approximate surface area is 85.7 Å². The lowest BCUT2D eigenvalue weighted by atomic mass is 10.2. The molecule has 0 aliphatic rings. The molecular formula is C11H10FNO2. The summed E-state index contributed by atoms with van der Waals surface area (Å²) in [4.78, 5) is 10.6. The van der Waals surface area contributed by atoms with Crippen molar-refractivity contribution in [3.05, 3.63) is 35.8 Å². The van der Waals surface area contributed by atoms with Crippen molar-refractivity contribution in [1.82, 2.24) is 4.57 Å². The molecule has 0 unspecified atom stereocenters. The maximum Gasteiger partial charge on any atom is 0.323 e. The van der Waals surface area contributed by atoms with Crippen LogP contribution in [0.4, 0.5) is 4.39 Å². The Hall–Kier alpha value is -1.84. The molecule has 1 heterocycles. The maximum atomic E-state index is 13.7. The Bertz CT molecular complexity index is 531. The van der Waals surface area contributed by atoms with E-state index < -0.39 is 5.97 Å². The maximum absolute atomic E-state index is 13.7. The average Bonchev–Trinajstić information content (AvgIpc) is 2.44. The summed E-state index contributed by atoms with van der Waals surface area (Å²) in [5.74, 6) is -1.31. The summed E-state index contributed by atoms with van der Waals surface area (Å²) in [6.45, 7) is 1.37. The quantitative estimate of drug-likeness (QED) is 0.820. The molecule has 3 nitrogen and oxygen atoms in total. The molecule has 1 aromatic carbocycles. The molecule has 0 saturated heterocycles. The molecule has 0 amide bonds. The Balaban J connectivity index is 2.72. The number of carboxylic acids is 1. The van der Waals surface area contributed by atoms with Crippen LogP contribution in [-0.2, 0) is 11.3 Å². The number of rotatable bonds is 2. The molecule has 0 fully saturated rings. The van der Waals surface area contributed by atoms with E-state index in [0.717, 1.165) is 0 Å². The van der Waals surface area contributed by atoms with Crippen molar-refractivity contribution in [2.75, 3.05) is 0 Å². The summed E-state index contributed by atoms with van der Waals surface area (Å²) in [6.07, 6.45) is 0. The molecule has 4 heteroatoms. The first-order chi connectivity index (χ1) is 7.11. The van der Waals surface area contributed by atoms with E-state index in [1.54, 1.807) is 31.2 Å². The van der Waals surface area contributed by atoms with Crippen LogP contribution in [0.3, 0.4) is 0 Å². The van der Waals surface area contributed by atoms with E-state index >= 15 is 0 Å². The van der Waals surface area contributed by atoms with Gasteiger partial charge in [-0.1, -0.05) is 12.1 Å². The van der Waals surface area contributed by atoms with Gasteiger partial charge in [-0.2, -0.15) is 0 Å². The van der Waals surface area contributed by atoms with Gasteiger partial charge in [-0.05, 0) is 19.1 Å². The minimum atomic E-state index is -0.973. The lowest BCUT2D eigenvalue weighted by Gasteiger charge is -2.03. The van der Waals surface area contributed by atoms with E-state index in [1.165, 1.54) is 4.57 Å². The second-order valence-electron chi connectivity index (χ2n) is 3.40. The van der Waals surface area contributed by atoms with Crippen LogP contribution in [0.5, 0.6) is 0 Å². The number of carbonyl (C=O) groups is 1. The Kier molecular flexibility index (Phi) is 2.19. The van der Waals surface area contributed by atoms with Crippen LogP contribution in [0.15, 0.2) is 24.3 Å². The predicted octanol–water partition coefficient (Wildman–Crippen LogP) is 2.17. The van der Waals surface area contributed by atoms with Crippen LogP contribution in [0.1, 0.15) is 5.69 Å². The number of benzene rings is 1. The molecule has 2 rings (SSSR count). The van der Waals surface area contributed by atoms with Gasteiger partial charge in [0.15, 0.2) is 5.82 Å². The molecule has 0 atom stereocenters. The van der Waals surface area contributed by atoms with Gasteiger partial charge < -0.3 is 9.67 Å². The number of nitrogens with zero attached hydrogens (tertiary/aromatic N) is 1. The molecule has 78 valence electrons. The molecule has 0 bridgehead atoms. The SMILES string of the molecule is Cc1c(F)c2ccccc2n1CC(=O)O. The number of para-hydroxylation sites is 1. The van der Waals surface area contributed by atoms with Gasteiger partial charge in [0.25, 0.3) is 0 Å². The van der Waals surface area contributed by atoms with Crippen molar-refractivity contribution in [3.63, 3.8) is 0 Å². The summed E-state index contributed by atoms with van der Waals surface area (Å²) < 4.78 is 15.1. The van der Waals surface area contributed by atoms with Gasteiger partial charge >= 0.3 is 5.97 Å². The van der Waals surface area contributed by atoms with Crippen molar-refractivity contribution in [2.45, 2.75) is 13.5 Å². The molecule has 0 aliphatic heterocycles. The third kappa shape index (κ3) is 1.48. The number of hydrogen-bond donors (Lipinski definition) is 1. The first-order valence-electron chi connectivity index (χ1n) is 4.56. The van der Waals surface area contributed by atoms with Gasteiger partial charge in [0, 0.05) is 5.39 Å². The highest BCUT2D eigenvalue weighted by Gasteiger charge is 2.14. The van der Waals surface area contributed by atoms with Gasteiger partial charge in [0.1, 0.15) is 6.54 Å². The first-order valence-corrected chi connectivity index (χ1v) is 4.56. The predicted molar refractivity (Wildman–Crippen MR) is 54.3 cm³/mol. The number of aliphatic carboxylic acids is 1. The van der Waals surface area contributed by atoms with Crippen LogP contribution < -0.4 is 0 Å². The summed E-state index contributed by atoms with van der Waals surface area (Å²) >= 11 is 0. The normalized spacial score (nSPS) is 10.8. The standard InChI is InChI=1S/C11H10FNO2/c1-7-11(12)8-4-2-3-5-9(8)13(7)6-10(14)15/h2-5H,6H2,1H3,(H,14,15). The van der Waals surface area contributed by atoms with Crippen molar-refractivity contribution in [2.24, 2.45) is 0 Å². The minimum absolute atomic E-state index is 0.212.